The van der Waals surface area contributed by atoms with E-state index in [1.165, 1.54) is 70.6 Å². The number of rotatable bonds is 8. The zero-order valence-corrected chi connectivity index (χ0v) is 16.1. The Balaban J connectivity index is 1.65. The summed E-state index contributed by atoms with van der Waals surface area (Å²) in [7, 11) is 0. The van der Waals surface area contributed by atoms with Crippen molar-refractivity contribution in [1.82, 2.24) is 0 Å². The van der Waals surface area contributed by atoms with Crippen molar-refractivity contribution in [2.45, 2.75) is 110 Å². The van der Waals surface area contributed by atoms with Gasteiger partial charge in [-0.2, -0.15) is 0 Å². The molecule has 4 unspecified atom stereocenters. The van der Waals surface area contributed by atoms with Gasteiger partial charge in [0, 0.05) is 0 Å². The van der Waals surface area contributed by atoms with Crippen LogP contribution in [0.3, 0.4) is 0 Å². The van der Waals surface area contributed by atoms with E-state index in [-0.39, 0.29) is 6.10 Å². The molecule has 2 fully saturated rings. The van der Waals surface area contributed by atoms with Crippen LogP contribution in [-0.4, -0.2) is 11.2 Å². The summed E-state index contributed by atoms with van der Waals surface area (Å²) in [5, 5.41) is 9.61. The minimum absolute atomic E-state index is 0.00738. The molecule has 0 aromatic heterocycles. The summed E-state index contributed by atoms with van der Waals surface area (Å²) in [5.41, 5.74) is 0. The van der Waals surface area contributed by atoms with Crippen LogP contribution in [0.15, 0.2) is 0 Å². The molecule has 0 spiro atoms. The molecule has 23 heavy (non-hydrogen) atoms. The maximum absolute atomic E-state index is 9.61. The van der Waals surface area contributed by atoms with Crippen LogP contribution in [0.2, 0.25) is 0 Å². The minimum Gasteiger partial charge on any atom is -0.393 e. The van der Waals surface area contributed by atoms with E-state index in [1.807, 2.05) is 0 Å². The Bertz CT molecular complexity index is 305. The van der Waals surface area contributed by atoms with Crippen LogP contribution in [0, 0.1) is 29.6 Å². The largest absolute Gasteiger partial charge is 0.393 e. The lowest BCUT2D eigenvalue weighted by Crippen LogP contribution is -2.26. The third kappa shape index (κ3) is 6.40. The van der Waals surface area contributed by atoms with Gasteiger partial charge in [0.2, 0.25) is 0 Å². The van der Waals surface area contributed by atoms with E-state index in [9.17, 15) is 5.11 Å². The van der Waals surface area contributed by atoms with Gasteiger partial charge in [-0.15, -0.1) is 0 Å². The fraction of sp³-hybridized carbons (Fsp3) is 1.00. The summed E-state index contributed by atoms with van der Waals surface area (Å²) in [6.07, 6.45) is 17.7. The monoisotopic (exact) mass is 322 g/mol. The molecule has 1 heteroatoms. The average Bonchev–Trinajstić information content (AvgIpc) is 2.55. The fourth-order valence-electron chi connectivity index (χ4n) is 5.51. The Hall–Kier alpha value is -0.0400. The van der Waals surface area contributed by atoms with Gasteiger partial charge in [-0.1, -0.05) is 65.7 Å². The van der Waals surface area contributed by atoms with E-state index in [1.54, 1.807) is 0 Å². The normalized spacial score (nSPS) is 35.0. The maximum atomic E-state index is 9.61. The second-order valence-corrected chi connectivity index (χ2v) is 9.04. The predicted molar refractivity (Wildman–Crippen MR) is 100 cm³/mol. The summed E-state index contributed by atoms with van der Waals surface area (Å²) < 4.78 is 0. The van der Waals surface area contributed by atoms with Gasteiger partial charge in [0.1, 0.15) is 0 Å². The fourth-order valence-corrected chi connectivity index (χ4v) is 5.51. The first-order chi connectivity index (χ1) is 11.1. The lowest BCUT2D eigenvalue weighted by atomic mass is 9.69. The highest BCUT2D eigenvalue weighted by Crippen LogP contribution is 2.39. The highest BCUT2D eigenvalue weighted by Gasteiger charge is 2.29. The van der Waals surface area contributed by atoms with Crippen molar-refractivity contribution < 1.29 is 5.11 Å². The topological polar surface area (TPSA) is 20.2 Å². The summed E-state index contributed by atoms with van der Waals surface area (Å²) in [6.45, 7) is 7.43. The Morgan fingerprint density at radius 2 is 1.70 bits per heavy atom. The standard InChI is InChI=1S/C22H42O/c1-4-20(22-11-6-5-9-18(22)3)16-17(2)8-7-10-19-12-14-21(23)15-13-19/h17-23H,4-16H2,1-3H3. The molecule has 1 nitrogen and oxygen atoms in total. The summed E-state index contributed by atoms with van der Waals surface area (Å²) >= 11 is 0. The highest BCUT2D eigenvalue weighted by molar-refractivity contribution is 4.79. The predicted octanol–water partition coefficient (Wildman–Crippen LogP) is 6.59. The van der Waals surface area contributed by atoms with Crippen LogP contribution < -0.4 is 0 Å². The first kappa shape index (κ1) is 19.3. The molecule has 136 valence electrons. The number of hydrogen-bond donors (Lipinski definition) is 1. The van der Waals surface area contributed by atoms with Crippen LogP contribution >= 0.6 is 0 Å². The van der Waals surface area contributed by atoms with Gasteiger partial charge in [0.05, 0.1) is 6.10 Å². The Kier molecular flexibility index (Phi) is 8.44. The van der Waals surface area contributed by atoms with Crippen LogP contribution in [0.5, 0.6) is 0 Å². The molecular formula is C22H42O. The highest BCUT2D eigenvalue weighted by atomic mass is 16.3. The molecule has 0 aromatic rings. The molecule has 2 saturated carbocycles. The quantitative estimate of drug-likeness (QED) is 0.534. The molecule has 2 aliphatic carbocycles. The van der Waals surface area contributed by atoms with E-state index in [0.717, 1.165) is 42.4 Å². The Morgan fingerprint density at radius 3 is 2.35 bits per heavy atom. The van der Waals surface area contributed by atoms with Crippen molar-refractivity contribution in [1.29, 1.82) is 0 Å². The lowest BCUT2D eigenvalue weighted by Gasteiger charge is -2.36. The van der Waals surface area contributed by atoms with E-state index in [0.29, 0.717) is 0 Å². The van der Waals surface area contributed by atoms with Gasteiger partial charge in [-0.05, 0) is 68.1 Å². The number of hydrogen-bond acceptors (Lipinski definition) is 1. The summed E-state index contributed by atoms with van der Waals surface area (Å²) in [4.78, 5) is 0. The Labute approximate surface area is 145 Å². The molecule has 0 amide bonds. The van der Waals surface area contributed by atoms with Crippen molar-refractivity contribution in [3.05, 3.63) is 0 Å². The van der Waals surface area contributed by atoms with E-state index >= 15 is 0 Å². The van der Waals surface area contributed by atoms with Gasteiger partial charge in [0.15, 0.2) is 0 Å². The molecule has 4 atom stereocenters. The van der Waals surface area contributed by atoms with Crippen molar-refractivity contribution in [3.8, 4) is 0 Å². The third-order valence-corrected chi connectivity index (χ3v) is 7.14. The molecule has 2 rings (SSSR count). The van der Waals surface area contributed by atoms with Crippen LogP contribution in [0.25, 0.3) is 0 Å². The SMILES string of the molecule is CCC(CC(C)CCCC1CCC(O)CC1)C1CCCCC1C. The molecule has 0 aliphatic heterocycles. The van der Waals surface area contributed by atoms with Gasteiger partial charge in [0.25, 0.3) is 0 Å². The van der Waals surface area contributed by atoms with Gasteiger partial charge < -0.3 is 5.11 Å². The lowest BCUT2D eigenvalue weighted by molar-refractivity contribution is 0.105. The molecule has 0 heterocycles. The molecule has 2 aliphatic rings. The van der Waals surface area contributed by atoms with E-state index in [4.69, 9.17) is 0 Å². The van der Waals surface area contributed by atoms with Crippen LogP contribution in [0.1, 0.15) is 104 Å². The second-order valence-electron chi connectivity index (χ2n) is 9.04. The minimum atomic E-state index is 0.00738. The first-order valence-corrected chi connectivity index (χ1v) is 10.8. The maximum Gasteiger partial charge on any atom is 0.0540 e. The Morgan fingerprint density at radius 1 is 1.00 bits per heavy atom. The third-order valence-electron chi connectivity index (χ3n) is 7.14. The van der Waals surface area contributed by atoms with E-state index in [2.05, 4.69) is 20.8 Å². The van der Waals surface area contributed by atoms with Gasteiger partial charge in [-0.25, -0.2) is 0 Å². The molecule has 0 radical (unpaired) electrons. The molecule has 0 aromatic carbocycles. The van der Waals surface area contributed by atoms with Crippen molar-refractivity contribution in [2.75, 3.05) is 0 Å². The zero-order valence-electron chi connectivity index (χ0n) is 16.1. The van der Waals surface area contributed by atoms with Crippen LogP contribution in [-0.2, 0) is 0 Å². The van der Waals surface area contributed by atoms with Crippen molar-refractivity contribution >= 4 is 0 Å². The summed E-state index contributed by atoms with van der Waals surface area (Å²) in [6, 6.07) is 0. The van der Waals surface area contributed by atoms with Gasteiger partial charge >= 0.3 is 0 Å². The zero-order chi connectivity index (χ0) is 16.7. The molecule has 0 bridgehead atoms. The molecular weight excluding hydrogens is 280 g/mol. The summed E-state index contributed by atoms with van der Waals surface area (Å²) in [5.74, 6) is 4.77. The number of aliphatic hydroxyl groups is 1. The van der Waals surface area contributed by atoms with Gasteiger partial charge in [-0.3, -0.25) is 0 Å². The first-order valence-electron chi connectivity index (χ1n) is 10.8. The van der Waals surface area contributed by atoms with Crippen LogP contribution in [0.4, 0.5) is 0 Å². The molecule has 0 saturated heterocycles. The molecule has 1 N–H and O–H groups in total. The number of aliphatic hydroxyl groups excluding tert-OH is 1. The van der Waals surface area contributed by atoms with Crippen molar-refractivity contribution in [2.24, 2.45) is 29.6 Å². The smallest absolute Gasteiger partial charge is 0.0540 e. The van der Waals surface area contributed by atoms with Crippen molar-refractivity contribution in [3.63, 3.8) is 0 Å². The average molecular weight is 323 g/mol. The second kappa shape index (κ2) is 10.1. The van der Waals surface area contributed by atoms with E-state index < -0.39 is 0 Å².